The van der Waals surface area contributed by atoms with Crippen molar-refractivity contribution in [3.8, 4) is 0 Å². The highest BCUT2D eigenvalue weighted by Crippen LogP contribution is 2.26. The number of sulfonamides is 1. The van der Waals surface area contributed by atoms with Gasteiger partial charge in [-0.3, -0.25) is 9.52 Å². The van der Waals surface area contributed by atoms with Gasteiger partial charge in [0.1, 0.15) is 10.6 Å². The molecular weight excluding hydrogens is 364 g/mol. The van der Waals surface area contributed by atoms with Crippen LogP contribution in [0, 0.1) is 6.92 Å². The number of benzene rings is 1. The number of Topliss-reactive ketones (excluding diaryl/α,β-unsaturated/α-hetero) is 1. The second kappa shape index (κ2) is 5.63. The highest BCUT2D eigenvalue weighted by atomic mass is 79.9. The lowest BCUT2D eigenvalue weighted by Gasteiger charge is -2.07. The monoisotopic (exact) mass is 374 g/mol. The van der Waals surface area contributed by atoms with E-state index in [9.17, 15) is 13.2 Å². The van der Waals surface area contributed by atoms with Gasteiger partial charge in [0.2, 0.25) is 0 Å². The van der Waals surface area contributed by atoms with E-state index in [0.717, 1.165) is 16.9 Å². The zero-order valence-corrected chi connectivity index (χ0v) is 13.9. The van der Waals surface area contributed by atoms with E-state index >= 15 is 0 Å². The molecule has 1 N–H and O–H groups in total. The highest BCUT2D eigenvalue weighted by molar-refractivity contribution is 9.10. The van der Waals surface area contributed by atoms with Gasteiger partial charge >= 0.3 is 0 Å². The van der Waals surface area contributed by atoms with E-state index < -0.39 is 10.0 Å². The van der Waals surface area contributed by atoms with E-state index in [1.54, 1.807) is 12.1 Å². The maximum absolute atomic E-state index is 12.3. The number of nitrogens with zero attached hydrogens (tertiary/aromatic N) is 1. The molecular formula is C12H11BrN2O3S2. The molecule has 0 fully saturated rings. The maximum Gasteiger partial charge on any atom is 0.264 e. The number of aryl methyl sites for hydroxylation is 1. The van der Waals surface area contributed by atoms with Crippen LogP contribution in [-0.2, 0) is 10.0 Å². The Kier molecular flexibility index (Phi) is 4.26. The minimum Gasteiger partial charge on any atom is -0.293 e. The standard InChI is InChI=1S/C12H11BrN2O3S2/c1-7-3-4-11(9(13)5-7)20(17,18)15-12-14-10(6-19-12)8(2)16/h3-6H,1-2H3,(H,14,15). The van der Waals surface area contributed by atoms with Crippen molar-refractivity contribution in [1.29, 1.82) is 0 Å². The van der Waals surface area contributed by atoms with Crippen LogP contribution in [0.15, 0.2) is 32.9 Å². The zero-order valence-electron chi connectivity index (χ0n) is 10.7. The molecule has 0 amide bonds. The Bertz CT molecular complexity index is 769. The average molecular weight is 375 g/mol. The fraction of sp³-hybridized carbons (Fsp3) is 0.167. The lowest BCUT2D eigenvalue weighted by atomic mass is 10.2. The van der Waals surface area contributed by atoms with Gasteiger partial charge in [0.25, 0.3) is 10.0 Å². The Morgan fingerprint density at radius 2 is 2.10 bits per heavy atom. The number of carbonyl (C=O) groups excluding carboxylic acids is 1. The number of aromatic nitrogens is 1. The minimum atomic E-state index is -3.73. The number of hydrogen-bond donors (Lipinski definition) is 1. The van der Waals surface area contributed by atoms with Gasteiger partial charge in [-0.25, -0.2) is 13.4 Å². The predicted molar refractivity (Wildman–Crippen MR) is 81.8 cm³/mol. The third-order valence-electron chi connectivity index (χ3n) is 2.46. The molecule has 8 heteroatoms. The second-order valence-electron chi connectivity index (χ2n) is 4.13. The summed E-state index contributed by atoms with van der Waals surface area (Å²) in [4.78, 5) is 15.2. The van der Waals surface area contributed by atoms with Crippen molar-refractivity contribution in [1.82, 2.24) is 4.98 Å². The number of ketones is 1. The molecule has 0 unspecified atom stereocenters. The van der Waals surface area contributed by atoms with Crippen molar-refractivity contribution in [2.75, 3.05) is 4.72 Å². The van der Waals surface area contributed by atoms with Crippen LogP contribution in [0.25, 0.3) is 0 Å². The fourth-order valence-electron chi connectivity index (χ4n) is 1.48. The van der Waals surface area contributed by atoms with Crippen LogP contribution in [0.2, 0.25) is 0 Å². The summed E-state index contributed by atoms with van der Waals surface area (Å²) in [6, 6.07) is 4.95. The molecule has 1 heterocycles. The molecule has 0 aliphatic rings. The molecule has 0 saturated carbocycles. The van der Waals surface area contributed by atoms with Gasteiger partial charge in [0.05, 0.1) is 0 Å². The first-order valence-corrected chi connectivity index (χ1v) is 8.70. The largest absolute Gasteiger partial charge is 0.293 e. The zero-order chi connectivity index (χ0) is 14.9. The van der Waals surface area contributed by atoms with Crippen molar-refractivity contribution in [2.45, 2.75) is 18.7 Å². The van der Waals surface area contributed by atoms with Crippen molar-refractivity contribution in [3.05, 3.63) is 39.3 Å². The molecule has 0 aliphatic carbocycles. The topological polar surface area (TPSA) is 76.1 Å². The maximum atomic E-state index is 12.3. The van der Waals surface area contributed by atoms with E-state index in [0.29, 0.717) is 4.47 Å². The summed E-state index contributed by atoms with van der Waals surface area (Å²) in [6.07, 6.45) is 0. The minimum absolute atomic E-state index is 0.127. The molecule has 2 rings (SSSR count). The first-order valence-electron chi connectivity index (χ1n) is 5.55. The van der Waals surface area contributed by atoms with Crippen LogP contribution < -0.4 is 4.72 Å². The Balaban J connectivity index is 2.33. The predicted octanol–water partition coefficient (Wildman–Crippen LogP) is 3.22. The molecule has 2 aromatic rings. The summed E-state index contributed by atoms with van der Waals surface area (Å²) < 4.78 is 27.4. The van der Waals surface area contributed by atoms with Gasteiger partial charge in [-0.15, -0.1) is 11.3 Å². The number of thiazole rings is 1. The van der Waals surface area contributed by atoms with Gasteiger partial charge in [0, 0.05) is 16.8 Å². The molecule has 0 radical (unpaired) electrons. The van der Waals surface area contributed by atoms with Crippen LogP contribution >= 0.6 is 27.3 Å². The summed E-state index contributed by atoms with van der Waals surface area (Å²) in [7, 11) is -3.73. The van der Waals surface area contributed by atoms with E-state index in [1.165, 1.54) is 18.4 Å². The Labute approximate surface area is 129 Å². The molecule has 0 saturated heterocycles. The Hall–Kier alpha value is -1.25. The summed E-state index contributed by atoms with van der Waals surface area (Å²) in [6.45, 7) is 3.25. The number of carbonyl (C=O) groups is 1. The SMILES string of the molecule is CC(=O)c1csc(NS(=O)(=O)c2ccc(C)cc2Br)n1. The van der Waals surface area contributed by atoms with Crippen LogP contribution in [-0.4, -0.2) is 19.2 Å². The molecule has 5 nitrogen and oxygen atoms in total. The van der Waals surface area contributed by atoms with Crippen molar-refractivity contribution in [3.63, 3.8) is 0 Å². The fourth-order valence-corrected chi connectivity index (χ4v) is 4.67. The first kappa shape index (κ1) is 15.1. The molecule has 0 spiro atoms. The van der Waals surface area contributed by atoms with Crippen LogP contribution in [0.4, 0.5) is 5.13 Å². The number of halogens is 1. The van der Waals surface area contributed by atoms with E-state index in [4.69, 9.17) is 0 Å². The third-order valence-corrected chi connectivity index (χ3v) is 5.67. The van der Waals surface area contributed by atoms with Crippen LogP contribution in [0.3, 0.4) is 0 Å². The van der Waals surface area contributed by atoms with Gasteiger partial charge < -0.3 is 0 Å². The first-order chi connectivity index (χ1) is 9.29. The van der Waals surface area contributed by atoms with Gasteiger partial charge in [-0.05, 0) is 40.5 Å². The molecule has 0 atom stereocenters. The van der Waals surface area contributed by atoms with E-state index in [2.05, 4.69) is 25.6 Å². The third kappa shape index (κ3) is 3.25. The molecule has 20 heavy (non-hydrogen) atoms. The van der Waals surface area contributed by atoms with Gasteiger partial charge in [-0.2, -0.15) is 0 Å². The van der Waals surface area contributed by atoms with Gasteiger partial charge in [-0.1, -0.05) is 6.07 Å². The highest BCUT2D eigenvalue weighted by Gasteiger charge is 2.19. The van der Waals surface area contributed by atoms with Crippen LogP contribution in [0.1, 0.15) is 23.0 Å². The summed E-state index contributed by atoms with van der Waals surface area (Å²) in [5.41, 5.74) is 1.19. The van der Waals surface area contributed by atoms with Crippen molar-refractivity contribution >= 4 is 48.2 Å². The number of anilines is 1. The molecule has 106 valence electrons. The molecule has 1 aromatic carbocycles. The lowest BCUT2D eigenvalue weighted by molar-refractivity contribution is 0.101. The number of rotatable bonds is 4. The van der Waals surface area contributed by atoms with E-state index in [-0.39, 0.29) is 21.5 Å². The summed E-state index contributed by atoms with van der Waals surface area (Å²) in [5.74, 6) is -0.205. The number of hydrogen-bond acceptors (Lipinski definition) is 5. The molecule has 0 aliphatic heterocycles. The second-order valence-corrected chi connectivity index (χ2v) is 7.50. The van der Waals surface area contributed by atoms with E-state index in [1.807, 2.05) is 6.92 Å². The normalized spacial score (nSPS) is 11.3. The average Bonchev–Trinajstić information content (AvgIpc) is 2.76. The smallest absolute Gasteiger partial charge is 0.264 e. The Morgan fingerprint density at radius 3 is 2.65 bits per heavy atom. The number of nitrogens with one attached hydrogen (secondary N) is 1. The summed E-state index contributed by atoms with van der Waals surface area (Å²) >= 11 is 4.31. The Morgan fingerprint density at radius 1 is 1.40 bits per heavy atom. The van der Waals surface area contributed by atoms with Crippen LogP contribution in [0.5, 0.6) is 0 Å². The summed E-state index contributed by atoms with van der Waals surface area (Å²) in [5, 5.41) is 1.69. The molecule has 1 aromatic heterocycles. The van der Waals surface area contributed by atoms with Crippen molar-refractivity contribution < 1.29 is 13.2 Å². The molecule has 0 bridgehead atoms. The van der Waals surface area contributed by atoms with Gasteiger partial charge in [0.15, 0.2) is 10.9 Å². The quantitative estimate of drug-likeness (QED) is 0.833. The lowest BCUT2D eigenvalue weighted by Crippen LogP contribution is -2.13. The van der Waals surface area contributed by atoms with Crippen molar-refractivity contribution in [2.24, 2.45) is 0 Å².